The third kappa shape index (κ3) is 5.58. The van der Waals surface area contributed by atoms with Crippen molar-refractivity contribution in [3.05, 3.63) is 59.2 Å². The SMILES string of the molecule is Cc1ccccc1C(=O)Nc1ccc(N(C)C)c(C(=O)NCCN2CCOCC2)c1. The molecule has 1 saturated heterocycles. The number of anilines is 2. The second-order valence-electron chi connectivity index (χ2n) is 7.61. The Morgan fingerprint density at radius 1 is 1.03 bits per heavy atom. The minimum absolute atomic E-state index is 0.154. The molecule has 0 atom stereocenters. The standard InChI is InChI=1S/C23H30N4O3/c1-17-6-4-5-7-19(17)23(29)25-18-8-9-21(26(2)3)20(16-18)22(28)24-10-11-27-12-14-30-15-13-27/h4-9,16H,10-15H2,1-3H3,(H,24,28)(H,25,29). The van der Waals surface area contributed by atoms with Crippen molar-refractivity contribution in [2.24, 2.45) is 0 Å². The van der Waals surface area contributed by atoms with Crippen molar-refractivity contribution in [1.82, 2.24) is 10.2 Å². The van der Waals surface area contributed by atoms with Gasteiger partial charge in [-0.05, 0) is 36.8 Å². The largest absolute Gasteiger partial charge is 0.379 e. The summed E-state index contributed by atoms with van der Waals surface area (Å²) in [5.41, 5.74) is 3.44. The highest BCUT2D eigenvalue weighted by atomic mass is 16.5. The van der Waals surface area contributed by atoms with Crippen molar-refractivity contribution < 1.29 is 14.3 Å². The molecule has 3 rings (SSSR count). The summed E-state index contributed by atoms with van der Waals surface area (Å²) in [5.74, 6) is -0.344. The van der Waals surface area contributed by atoms with Crippen molar-refractivity contribution in [3.63, 3.8) is 0 Å². The summed E-state index contributed by atoms with van der Waals surface area (Å²) < 4.78 is 5.35. The Morgan fingerprint density at radius 2 is 1.77 bits per heavy atom. The van der Waals surface area contributed by atoms with E-state index < -0.39 is 0 Å². The molecule has 0 aromatic heterocycles. The predicted octanol–water partition coefficient (Wildman–Crippen LogP) is 2.38. The van der Waals surface area contributed by atoms with Crippen LogP contribution in [0.3, 0.4) is 0 Å². The van der Waals surface area contributed by atoms with Gasteiger partial charge in [0.25, 0.3) is 11.8 Å². The van der Waals surface area contributed by atoms with Gasteiger partial charge in [-0.1, -0.05) is 18.2 Å². The zero-order valence-corrected chi connectivity index (χ0v) is 17.9. The van der Waals surface area contributed by atoms with Crippen LogP contribution in [0.4, 0.5) is 11.4 Å². The van der Waals surface area contributed by atoms with Crippen LogP contribution in [0.5, 0.6) is 0 Å². The lowest BCUT2D eigenvalue weighted by atomic mass is 10.1. The zero-order chi connectivity index (χ0) is 21.5. The first kappa shape index (κ1) is 21.8. The highest BCUT2D eigenvalue weighted by Gasteiger charge is 2.16. The molecule has 2 N–H and O–H groups in total. The molecule has 2 amide bonds. The van der Waals surface area contributed by atoms with Crippen molar-refractivity contribution in [3.8, 4) is 0 Å². The van der Waals surface area contributed by atoms with Crippen LogP contribution in [0.1, 0.15) is 26.3 Å². The van der Waals surface area contributed by atoms with Gasteiger partial charge in [-0.3, -0.25) is 14.5 Å². The summed E-state index contributed by atoms with van der Waals surface area (Å²) in [6, 6.07) is 12.8. The molecule has 1 aliphatic heterocycles. The van der Waals surface area contributed by atoms with Gasteiger partial charge in [-0.2, -0.15) is 0 Å². The highest BCUT2D eigenvalue weighted by Crippen LogP contribution is 2.23. The molecule has 30 heavy (non-hydrogen) atoms. The van der Waals surface area contributed by atoms with E-state index in [0.29, 0.717) is 23.4 Å². The van der Waals surface area contributed by atoms with Gasteiger partial charge in [-0.25, -0.2) is 0 Å². The molecule has 7 nitrogen and oxygen atoms in total. The lowest BCUT2D eigenvalue weighted by Gasteiger charge is -2.26. The topological polar surface area (TPSA) is 73.9 Å². The number of carbonyl (C=O) groups is 2. The summed E-state index contributed by atoms with van der Waals surface area (Å²) >= 11 is 0. The fourth-order valence-corrected chi connectivity index (χ4v) is 3.46. The Labute approximate surface area is 178 Å². The maximum absolute atomic E-state index is 12.9. The van der Waals surface area contributed by atoms with E-state index in [1.165, 1.54) is 0 Å². The van der Waals surface area contributed by atoms with E-state index in [-0.39, 0.29) is 11.8 Å². The van der Waals surface area contributed by atoms with Gasteiger partial charge in [0.15, 0.2) is 0 Å². The molecule has 0 saturated carbocycles. The van der Waals surface area contributed by atoms with Gasteiger partial charge in [0.1, 0.15) is 0 Å². The molecular formula is C23H30N4O3. The fraction of sp³-hybridized carbons (Fsp3) is 0.391. The van der Waals surface area contributed by atoms with E-state index in [0.717, 1.165) is 44.1 Å². The number of morpholine rings is 1. The molecule has 0 bridgehead atoms. The minimum atomic E-state index is -0.190. The van der Waals surface area contributed by atoms with Crippen LogP contribution < -0.4 is 15.5 Å². The highest BCUT2D eigenvalue weighted by molar-refractivity contribution is 6.07. The number of ether oxygens (including phenoxy) is 1. The van der Waals surface area contributed by atoms with Gasteiger partial charge in [0.05, 0.1) is 18.8 Å². The average Bonchev–Trinajstić information content (AvgIpc) is 2.74. The van der Waals surface area contributed by atoms with E-state index in [1.54, 1.807) is 12.1 Å². The van der Waals surface area contributed by atoms with Crippen molar-refractivity contribution in [2.45, 2.75) is 6.92 Å². The summed E-state index contributed by atoms with van der Waals surface area (Å²) in [6.45, 7) is 6.50. The molecular weight excluding hydrogens is 380 g/mol. The number of nitrogens with zero attached hydrogens (tertiary/aromatic N) is 2. The van der Waals surface area contributed by atoms with Crippen LogP contribution in [0.2, 0.25) is 0 Å². The summed E-state index contributed by atoms with van der Waals surface area (Å²) in [7, 11) is 3.79. The van der Waals surface area contributed by atoms with E-state index in [4.69, 9.17) is 4.74 Å². The first-order valence-electron chi connectivity index (χ1n) is 10.2. The lowest BCUT2D eigenvalue weighted by Crippen LogP contribution is -2.41. The Bertz CT molecular complexity index is 892. The molecule has 0 unspecified atom stereocenters. The molecule has 0 radical (unpaired) electrons. The summed E-state index contributed by atoms with van der Waals surface area (Å²) in [5, 5.41) is 5.91. The fourth-order valence-electron chi connectivity index (χ4n) is 3.46. The quantitative estimate of drug-likeness (QED) is 0.733. The van der Waals surface area contributed by atoms with Crippen LogP contribution in [-0.4, -0.2) is 70.2 Å². The van der Waals surface area contributed by atoms with Crippen molar-refractivity contribution >= 4 is 23.2 Å². The van der Waals surface area contributed by atoms with Gasteiger partial charge < -0.3 is 20.3 Å². The minimum Gasteiger partial charge on any atom is -0.379 e. The average molecular weight is 411 g/mol. The van der Waals surface area contributed by atoms with Crippen molar-refractivity contribution in [2.75, 3.05) is 63.7 Å². The Kier molecular flexibility index (Phi) is 7.43. The van der Waals surface area contributed by atoms with Crippen LogP contribution in [0.15, 0.2) is 42.5 Å². The molecule has 2 aromatic rings. The first-order valence-corrected chi connectivity index (χ1v) is 10.2. The van der Waals surface area contributed by atoms with Gasteiger partial charge in [0, 0.05) is 57.2 Å². The van der Waals surface area contributed by atoms with Crippen LogP contribution >= 0.6 is 0 Å². The first-order chi connectivity index (χ1) is 14.5. The Morgan fingerprint density at radius 3 is 2.47 bits per heavy atom. The lowest BCUT2D eigenvalue weighted by molar-refractivity contribution is 0.0383. The second kappa shape index (κ2) is 10.2. The van der Waals surface area contributed by atoms with Gasteiger partial charge >= 0.3 is 0 Å². The predicted molar refractivity (Wildman–Crippen MR) is 119 cm³/mol. The molecule has 7 heteroatoms. The number of aryl methyl sites for hydroxylation is 1. The van der Waals surface area contributed by atoms with E-state index >= 15 is 0 Å². The van der Waals surface area contributed by atoms with E-state index in [9.17, 15) is 9.59 Å². The second-order valence-corrected chi connectivity index (χ2v) is 7.61. The Balaban J connectivity index is 1.69. The zero-order valence-electron chi connectivity index (χ0n) is 17.9. The van der Waals surface area contributed by atoms with Crippen LogP contribution in [0, 0.1) is 6.92 Å². The third-order valence-electron chi connectivity index (χ3n) is 5.19. The number of amides is 2. The Hall–Kier alpha value is -2.90. The maximum Gasteiger partial charge on any atom is 0.255 e. The molecule has 160 valence electrons. The van der Waals surface area contributed by atoms with Gasteiger partial charge in [-0.15, -0.1) is 0 Å². The van der Waals surface area contributed by atoms with Gasteiger partial charge in [0.2, 0.25) is 0 Å². The van der Waals surface area contributed by atoms with E-state index in [1.807, 2.05) is 56.3 Å². The van der Waals surface area contributed by atoms with Crippen molar-refractivity contribution in [1.29, 1.82) is 0 Å². The number of hydrogen-bond donors (Lipinski definition) is 2. The molecule has 0 aliphatic carbocycles. The summed E-state index contributed by atoms with van der Waals surface area (Å²) in [4.78, 5) is 29.7. The normalized spacial score (nSPS) is 14.2. The molecule has 1 heterocycles. The monoisotopic (exact) mass is 410 g/mol. The third-order valence-corrected chi connectivity index (χ3v) is 5.19. The smallest absolute Gasteiger partial charge is 0.255 e. The molecule has 1 fully saturated rings. The maximum atomic E-state index is 12.9. The molecule has 0 spiro atoms. The molecule has 1 aliphatic rings. The molecule has 2 aromatic carbocycles. The number of hydrogen-bond acceptors (Lipinski definition) is 5. The van der Waals surface area contributed by atoms with E-state index in [2.05, 4.69) is 15.5 Å². The van der Waals surface area contributed by atoms with Crippen LogP contribution in [0.25, 0.3) is 0 Å². The number of rotatable bonds is 7. The number of carbonyl (C=O) groups excluding carboxylic acids is 2. The number of nitrogens with one attached hydrogen (secondary N) is 2. The van der Waals surface area contributed by atoms with Crippen LogP contribution in [-0.2, 0) is 4.74 Å². The number of benzene rings is 2. The summed E-state index contributed by atoms with van der Waals surface area (Å²) in [6.07, 6.45) is 0.